The highest BCUT2D eigenvalue weighted by Gasteiger charge is 2.01. The lowest BCUT2D eigenvalue weighted by Crippen LogP contribution is -2.11. The molecule has 0 saturated carbocycles. The molecule has 0 bridgehead atoms. The Hall–Kier alpha value is -0.540. The van der Waals surface area contributed by atoms with Crippen LogP contribution in [0.2, 0.25) is 5.02 Å². The number of aromatic nitrogens is 2. The zero-order chi connectivity index (χ0) is 8.27. The zero-order valence-electron chi connectivity index (χ0n) is 6.37. The first-order valence-electron chi connectivity index (χ1n) is 3.51. The third-order valence-corrected chi connectivity index (χ3v) is 1.61. The first-order chi connectivity index (χ1) is 5.22. The maximum absolute atomic E-state index is 8.73. The number of aliphatic hydroxyl groups is 1. The number of aliphatic hydroxyl groups excluding tert-OH is 1. The number of nitrogens with zero attached hydrogens (tertiary/aromatic N) is 2. The average molecular weight is 175 g/mol. The lowest BCUT2D eigenvalue weighted by molar-refractivity contribution is 0.219. The molecule has 62 valence electrons. The SMILES string of the molecule is CC(CO)Cn1cc(Cl)cn1. The van der Waals surface area contributed by atoms with Gasteiger partial charge in [0.15, 0.2) is 0 Å². The average Bonchev–Trinajstić information content (AvgIpc) is 2.35. The van der Waals surface area contributed by atoms with E-state index in [2.05, 4.69) is 5.10 Å². The lowest BCUT2D eigenvalue weighted by atomic mass is 10.2. The molecule has 1 atom stereocenters. The van der Waals surface area contributed by atoms with Crippen LogP contribution in [-0.2, 0) is 6.54 Å². The predicted octanol–water partition coefficient (Wildman–Crippen LogP) is 1.16. The Kier molecular flexibility index (Phi) is 2.91. The van der Waals surface area contributed by atoms with Gasteiger partial charge in [-0.05, 0) is 5.92 Å². The number of rotatable bonds is 3. The highest BCUT2D eigenvalue weighted by atomic mass is 35.5. The van der Waals surface area contributed by atoms with Gasteiger partial charge in [-0.1, -0.05) is 18.5 Å². The van der Waals surface area contributed by atoms with E-state index in [9.17, 15) is 0 Å². The molecule has 0 amide bonds. The van der Waals surface area contributed by atoms with Gasteiger partial charge in [0, 0.05) is 19.3 Å². The lowest BCUT2D eigenvalue weighted by Gasteiger charge is -2.06. The summed E-state index contributed by atoms with van der Waals surface area (Å²) >= 11 is 5.64. The van der Waals surface area contributed by atoms with Crippen molar-refractivity contribution in [1.29, 1.82) is 0 Å². The Labute approximate surface area is 70.6 Å². The third kappa shape index (κ3) is 2.52. The maximum atomic E-state index is 8.73. The summed E-state index contributed by atoms with van der Waals surface area (Å²) in [4.78, 5) is 0. The molecule has 0 aliphatic carbocycles. The summed E-state index contributed by atoms with van der Waals surface area (Å²) in [7, 11) is 0. The van der Waals surface area contributed by atoms with E-state index in [4.69, 9.17) is 16.7 Å². The molecule has 0 fully saturated rings. The first kappa shape index (κ1) is 8.56. The van der Waals surface area contributed by atoms with Crippen LogP contribution in [0.5, 0.6) is 0 Å². The Bertz CT molecular complexity index is 224. The number of hydrogen-bond donors (Lipinski definition) is 1. The molecule has 1 heterocycles. The van der Waals surface area contributed by atoms with Crippen molar-refractivity contribution in [3.05, 3.63) is 17.4 Å². The quantitative estimate of drug-likeness (QED) is 0.747. The van der Waals surface area contributed by atoms with Crippen molar-refractivity contribution in [2.75, 3.05) is 6.61 Å². The largest absolute Gasteiger partial charge is 0.396 e. The maximum Gasteiger partial charge on any atom is 0.0785 e. The fourth-order valence-electron chi connectivity index (χ4n) is 0.815. The van der Waals surface area contributed by atoms with Crippen molar-refractivity contribution in [1.82, 2.24) is 9.78 Å². The van der Waals surface area contributed by atoms with Gasteiger partial charge in [-0.15, -0.1) is 0 Å². The van der Waals surface area contributed by atoms with E-state index in [0.29, 0.717) is 11.6 Å². The third-order valence-electron chi connectivity index (χ3n) is 1.41. The molecule has 1 aromatic heterocycles. The summed E-state index contributed by atoms with van der Waals surface area (Å²) in [5.74, 6) is 0.228. The van der Waals surface area contributed by atoms with Crippen molar-refractivity contribution in [3.8, 4) is 0 Å². The fraction of sp³-hybridized carbons (Fsp3) is 0.571. The second-order valence-electron chi connectivity index (χ2n) is 2.67. The minimum absolute atomic E-state index is 0.178. The fourth-order valence-corrected chi connectivity index (χ4v) is 0.972. The van der Waals surface area contributed by atoms with Gasteiger partial charge in [-0.2, -0.15) is 5.10 Å². The van der Waals surface area contributed by atoms with E-state index < -0.39 is 0 Å². The van der Waals surface area contributed by atoms with E-state index >= 15 is 0 Å². The number of halogens is 1. The van der Waals surface area contributed by atoms with Crippen LogP contribution in [0, 0.1) is 5.92 Å². The highest BCUT2D eigenvalue weighted by molar-refractivity contribution is 6.30. The highest BCUT2D eigenvalue weighted by Crippen LogP contribution is 2.06. The second kappa shape index (κ2) is 3.74. The summed E-state index contributed by atoms with van der Waals surface area (Å²) in [6.07, 6.45) is 3.33. The molecule has 0 spiro atoms. The summed E-state index contributed by atoms with van der Waals surface area (Å²) in [6, 6.07) is 0. The van der Waals surface area contributed by atoms with Crippen LogP contribution >= 0.6 is 11.6 Å². The van der Waals surface area contributed by atoms with Gasteiger partial charge < -0.3 is 5.11 Å². The molecule has 0 aliphatic rings. The summed E-state index contributed by atoms with van der Waals surface area (Å²) in [6.45, 7) is 2.84. The van der Waals surface area contributed by atoms with E-state index in [1.165, 1.54) is 0 Å². The van der Waals surface area contributed by atoms with Gasteiger partial charge in [0.25, 0.3) is 0 Å². The molecule has 11 heavy (non-hydrogen) atoms. The molecule has 0 radical (unpaired) electrons. The molecule has 0 saturated heterocycles. The summed E-state index contributed by atoms with van der Waals surface area (Å²) < 4.78 is 1.73. The van der Waals surface area contributed by atoms with Crippen molar-refractivity contribution < 1.29 is 5.11 Å². The predicted molar refractivity (Wildman–Crippen MR) is 43.5 cm³/mol. The van der Waals surface area contributed by atoms with E-state index in [1.54, 1.807) is 17.1 Å². The van der Waals surface area contributed by atoms with Crippen LogP contribution < -0.4 is 0 Å². The second-order valence-corrected chi connectivity index (χ2v) is 3.10. The Morgan fingerprint density at radius 1 is 1.82 bits per heavy atom. The number of hydrogen-bond acceptors (Lipinski definition) is 2. The van der Waals surface area contributed by atoms with Crippen molar-refractivity contribution in [2.24, 2.45) is 5.92 Å². The van der Waals surface area contributed by atoms with Gasteiger partial charge in [0.05, 0.1) is 11.2 Å². The molecule has 1 rings (SSSR count). The van der Waals surface area contributed by atoms with Crippen molar-refractivity contribution >= 4 is 11.6 Å². The molecular weight excluding hydrogens is 164 g/mol. The Morgan fingerprint density at radius 2 is 2.55 bits per heavy atom. The van der Waals surface area contributed by atoms with Gasteiger partial charge in [0.1, 0.15) is 0 Å². The van der Waals surface area contributed by atoms with E-state index in [1.807, 2.05) is 6.92 Å². The molecular formula is C7H11ClN2O. The normalized spacial score (nSPS) is 13.4. The van der Waals surface area contributed by atoms with Crippen molar-refractivity contribution in [3.63, 3.8) is 0 Å². The molecule has 3 nitrogen and oxygen atoms in total. The van der Waals surface area contributed by atoms with E-state index in [-0.39, 0.29) is 12.5 Å². The van der Waals surface area contributed by atoms with Gasteiger partial charge in [-0.25, -0.2) is 0 Å². The smallest absolute Gasteiger partial charge is 0.0785 e. The van der Waals surface area contributed by atoms with Gasteiger partial charge in [0.2, 0.25) is 0 Å². The molecule has 1 N–H and O–H groups in total. The van der Waals surface area contributed by atoms with Gasteiger partial charge >= 0.3 is 0 Å². The molecule has 0 aliphatic heterocycles. The summed E-state index contributed by atoms with van der Waals surface area (Å²) in [5, 5.41) is 13.3. The molecule has 4 heteroatoms. The van der Waals surface area contributed by atoms with Crippen LogP contribution in [0.25, 0.3) is 0 Å². The van der Waals surface area contributed by atoms with Crippen LogP contribution in [0.3, 0.4) is 0 Å². The first-order valence-corrected chi connectivity index (χ1v) is 3.89. The summed E-state index contributed by atoms with van der Waals surface area (Å²) in [5.41, 5.74) is 0. The molecule has 1 aromatic rings. The minimum Gasteiger partial charge on any atom is -0.396 e. The van der Waals surface area contributed by atoms with Crippen LogP contribution in [0.15, 0.2) is 12.4 Å². The Morgan fingerprint density at radius 3 is 3.00 bits per heavy atom. The van der Waals surface area contributed by atoms with Crippen LogP contribution in [0.4, 0.5) is 0 Å². The topological polar surface area (TPSA) is 38.0 Å². The van der Waals surface area contributed by atoms with Gasteiger partial charge in [-0.3, -0.25) is 4.68 Å². The molecule has 0 aromatic carbocycles. The molecule has 1 unspecified atom stereocenters. The monoisotopic (exact) mass is 174 g/mol. The van der Waals surface area contributed by atoms with Crippen LogP contribution in [-0.4, -0.2) is 21.5 Å². The Balaban J connectivity index is 2.50. The van der Waals surface area contributed by atoms with Crippen molar-refractivity contribution in [2.45, 2.75) is 13.5 Å². The standard InChI is InChI=1S/C7H11ClN2O/c1-6(5-11)3-10-4-7(8)2-9-10/h2,4,6,11H,3,5H2,1H3. The zero-order valence-corrected chi connectivity index (χ0v) is 7.12. The van der Waals surface area contributed by atoms with Crippen LogP contribution in [0.1, 0.15) is 6.92 Å². The van der Waals surface area contributed by atoms with E-state index in [0.717, 1.165) is 0 Å². The minimum atomic E-state index is 0.178.